The largest absolute Gasteiger partial charge is 0.456 e. The van der Waals surface area contributed by atoms with Gasteiger partial charge in [0.25, 0.3) is 0 Å². The predicted molar refractivity (Wildman–Crippen MR) is 125 cm³/mol. The summed E-state index contributed by atoms with van der Waals surface area (Å²) in [6.45, 7) is 25.1. The molecule has 172 valence electrons. The number of carbonyl (C=O) groups is 1. The van der Waals surface area contributed by atoms with E-state index in [2.05, 4.69) is 41.2 Å². The van der Waals surface area contributed by atoms with Crippen molar-refractivity contribution in [2.75, 3.05) is 7.11 Å². The molecule has 0 aliphatic heterocycles. The van der Waals surface area contributed by atoms with E-state index >= 15 is 0 Å². The van der Waals surface area contributed by atoms with E-state index in [1.807, 2.05) is 27.7 Å². The Hall–Kier alpha value is -0.830. The predicted octanol–water partition coefficient (Wildman–Crippen LogP) is 7.44. The monoisotopic (exact) mass is 410 g/mol. The fraction of sp³-hybridized carbons (Fsp3) is 0.885. The van der Waals surface area contributed by atoms with Gasteiger partial charge in [0.2, 0.25) is 0 Å². The molecule has 0 aromatic heterocycles. The summed E-state index contributed by atoms with van der Waals surface area (Å²) in [5.41, 5.74) is 0.522. The maximum Gasteiger partial charge on any atom is 0.333 e. The Morgan fingerprint density at radius 1 is 1.07 bits per heavy atom. The van der Waals surface area contributed by atoms with Gasteiger partial charge in [-0.25, -0.2) is 4.79 Å². The SMILES string of the molecule is C=C(C)C(=O)OC1C(OC)C2(C)CCC1(C(C)C)C(CC)C(CC)C2.CC.CC. The minimum atomic E-state index is -0.272. The summed E-state index contributed by atoms with van der Waals surface area (Å²) in [5, 5.41) is 0. The molecule has 3 heteroatoms. The fourth-order valence-electron chi connectivity index (χ4n) is 6.21. The zero-order valence-corrected chi connectivity index (χ0v) is 21.4. The van der Waals surface area contributed by atoms with Crippen LogP contribution in [0.1, 0.15) is 101 Å². The van der Waals surface area contributed by atoms with E-state index in [9.17, 15) is 4.79 Å². The molecule has 0 aromatic carbocycles. The van der Waals surface area contributed by atoms with Crippen molar-refractivity contribution in [2.45, 2.75) is 114 Å². The molecule has 3 nitrogen and oxygen atoms in total. The summed E-state index contributed by atoms with van der Waals surface area (Å²) in [4.78, 5) is 12.5. The second-order valence-electron chi connectivity index (χ2n) is 9.07. The Bertz CT molecular complexity index is 512. The van der Waals surface area contributed by atoms with E-state index in [0.29, 0.717) is 23.3 Å². The molecule has 6 atom stereocenters. The Morgan fingerprint density at radius 3 is 2.00 bits per heavy atom. The molecule has 0 amide bonds. The third kappa shape index (κ3) is 5.27. The maximum atomic E-state index is 12.5. The third-order valence-electron chi connectivity index (χ3n) is 7.48. The zero-order chi connectivity index (χ0) is 23.0. The molecule has 0 saturated heterocycles. The van der Waals surface area contributed by atoms with Crippen molar-refractivity contribution in [3.8, 4) is 0 Å². The molecule has 2 bridgehead atoms. The van der Waals surface area contributed by atoms with Gasteiger partial charge in [-0.2, -0.15) is 0 Å². The highest BCUT2D eigenvalue weighted by atomic mass is 16.6. The van der Waals surface area contributed by atoms with Gasteiger partial charge >= 0.3 is 5.97 Å². The van der Waals surface area contributed by atoms with Crippen LogP contribution in [0.2, 0.25) is 0 Å². The van der Waals surface area contributed by atoms with Crippen LogP contribution in [0.25, 0.3) is 0 Å². The van der Waals surface area contributed by atoms with Gasteiger partial charge in [-0.15, -0.1) is 0 Å². The lowest BCUT2D eigenvalue weighted by atomic mass is 9.54. The van der Waals surface area contributed by atoms with Gasteiger partial charge in [-0.1, -0.05) is 81.7 Å². The molecule has 3 fully saturated rings. The van der Waals surface area contributed by atoms with Crippen LogP contribution in [0.4, 0.5) is 0 Å². The Balaban J connectivity index is 0.00000184. The van der Waals surface area contributed by atoms with Crippen molar-refractivity contribution in [1.82, 2.24) is 0 Å². The zero-order valence-electron chi connectivity index (χ0n) is 21.4. The number of esters is 1. The van der Waals surface area contributed by atoms with Crippen molar-refractivity contribution in [3.05, 3.63) is 12.2 Å². The summed E-state index contributed by atoms with van der Waals surface area (Å²) in [6.07, 6.45) is 5.50. The molecule has 0 N–H and O–H groups in total. The van der Waals surface area contributed by atoms with E-state index < -0.39 is 0 Å². The molecule has 0 spiro atoms. The first kappa shape index (κ1) is 28.2. The van der Waals surface area contributed by atoms with Gasteiger partial charge in [0.1, 0.15) is 6.10 Å². The molecule has 0 aromatic rings. The lowest BCUT2D eigenvalue weighted by Crippen LogP contribution is -2.59. The highest BCUT2D eigenvalue weighted by Gasteiger charge is 2.64. The molecule has 3 aliphatic rings. The van der Waals surface area contributed by atoms with Crippen LogP contribution in [-0.4, -0.2) is 25.3 Å². The van der Waals surface area contributed by atoms with Crippen molar-refractivity contribution in [3.63, 3.8) is 0 Å². The summed E-state index contributed by atoms with van der Waals surface area (Å²) in [6, 6.07) is 0. The average molecular weight is 411 g/mol. The molecular formula is C26H50O3. The molecule has 3 rings (SSSR count). The summed E-state index contributed by atoms with van der Waals surface area (Å²) < 4.78 is 12.2. The maximum absolute atomic E-state index is 12.5. The second kappa shape index (κ2) is 12.1. The van der Waals surface area contributed by atoms with Crippen LogP contribution >= 0.6 is 0 Å². The van der Waals surface area contributed by atoms with Gasteiger partial charge in [-0.3, -0.25) is 0 Å². The second-order valence-corrected chi connectivity index (χ2v) is 9.07. The van der Waals surface area contributed by atoms with Crippen LogP contribution in [-0.2, 0) is 14.3 Å². The van der Waals surface area contributed by atoms with Crippen LogP contribution in [0, 0.1) is 28.6 Å². The third-order valence-corrected chi connectivity index (χ3v) is 7.48. The molecule has 6 unspecified atom stereocenters. The number of rotatable bonds is 6. The normalized spacial score (nSPS) is 35.6. The van der Waals surface area contributed by atoms with Crippen LogP contribution in [0.3, 0.4) is 0 Å². The van der Waals surface area contributed by atoms with E-state index in [4.69, 9.17) is 9.47 Å². The van der Waals surface area contributed by atoms with Gasteiger partial charge in [0.05, 0.1) is 6.10 Å². The quantitative estimate of drug-likeness (QED) is 0.337. The molecule has 3 aliphatic carbocycles. The number of hydrogen-bond acceptors (Lipinski definition) is 3. The summed E-state index contributed by atoms with van der Waals surface area (Å²) >= 11 is 0. The van der Waals surface area contributed by atoms with Crippen molar-refractivity contribution >= 4 is 5.97 Å². The highest BCUT2D eigenvalue weighted by Crippen LogP contribution is 2.64. The van der Waals surface area contributed by atoms with E-state index in [0.717, 1.165) is 25.7 Å². The topological polar surface area (TPSA) is 35.5 Å². The minimum absolute atomic E-state index is 0.0166. The first-order valence-electron chi connectivity index (χ1n) is 12.1. The van der Waals surface area contributed by atoms with E-state index in [-0.39, 0.29) is 29.0 Å². The number of ether oxygens (including phenoxy) is 2. The van der Waals surface area contributed by atoms with Crippen LogP contribution in [0.15, 0.2) is 12.2 Å². The molecule has 3 saturated carbocycles. The number of carbonyl (C=O) groups excluding carboxylic acids is 1. The standard InChI is InChI=1S/C22H38O3.2C2H6/c1-9-16-13-21(7)11-12-22(15(5)6,17(16)10-2)19(18(21)24-8)25-20(23)14(3)4;2*1-2/h15-19H,3,9-13H2,1-2,4-8H3;2*1-2H3. The Kier molecular flexibility index (Phi) is 11.8. The van der Waals surface area contributed by atoms with E-state index in [1.54, 1.807) is 14.0 Å². The highest BCUT2D eigenvalue weighted by molar-refractivity contribution is 5.87. The first-order chi connectivity index (χ1) is 13.7. The first-order valence-corrected chi connectivity index (χ1v) is 12.1. The fourth-order valence-corrected chi connectivity index (χ4v) is 6.21. The van der Waals surface area contributed by atoms with Crippen molar-refractivity contribution in [2.24, 2.45) is 28.6 Å². The van der Waals surface area contributed by atoms with Gasteiger partial charge in [0, 0.05) is 18.1 Å². The lowest BCUT2D eigenvalue weighted by molar-refractivity contribution is -0.207. The van der Waals surface area contributed by atoms with Gasteiger partial charge in [0.15, 0.2) is 0 Å². The van der Waals surface area contributed by atoms with Gasteiger partial charge < -0.3 is 9.47 Å². The molecular weight excluding hydrogens is 360 g/mol. The summed E-state index contributed by atoms with van der Waals surface area (Å²) in [5.74, 6) is 1.38. The van der Waals surface area contributed by atoms with Gasteiger partial charge in [-0.05, 0) is 49.4 Å². The molecule has 0 radical (unpaired) electrons. The number of methoxy groups -OCH3 is 1. The lowest BCUT2D eigenvalue weighted by Gasteiger charge is -2.55. The average Bonchev–Trinajstić information content (AvgIpc) is 2.90. The summed E-state index contributed by atoms with van der Waals surface area (Å²) in [7, 11) is 1.79. The van der Waals surface area contributed by atoms with Crippen molar-refractivity contribution in [1.29, 1.82) is 0 Å². The van der Waals surface area contributed by atoms with Crippen molar-refractivity contribution < 1.29 is 14.3 Å². The molecule has 0 heterocycles. The number of hydrogen-bond donors (Lipinski definition) is 0. The minimum Gasteiger partial charge on any atom is -0.456 e. The Labute approximate surface area is 182 Å². The Morgan fingerprint density at radius 2 is 1.62 bits per heavy atom. The van der Waals surface area contributed by atoms with Crippen LogP contribution < -0.4 is 0 Å². The van der Waals surface area contributed by atoms with Crippen LogP contribution in [0.5, 0.6) is 0 Å². The molecule has 29 heavy (non-hydrogen) atoms. The van der Waals surface area contributed by atoms with E-state index in [1.165, 1.54) is 6.42 Å². The number of fused-ring (bicyclic) bond motifs is 4. The smallest absolute Gasteiger partial charge is 0.333 e.